The summed E-state index contributed by atoms with van der Waals surface area (Å²) in [6.07, 6.45) is 1.29. The molecule has 0 aliphatic carbocycles. The average molecular weight is 375 g/mol. The molecule has 1 amide bonds. The number of carbonyl (C=O) groups is 1. The second kappa shape index (κ2) is 9.52. The molecule has 8 nitrogen and oxygen atoms in total. The van der Waals surface area contributed by atoms with Gasteiger partial charge in [-0.3, -0.25) is 4.79 Å². The van der Waals surface area contributed by atoms with E-state index >= 15 is 0 Å². The van der Waals surface area contributed by atoms with Crippen molar-refractivity contribution >= 4 is 5.91 Å². The first-order valence-corrected chi connectivity index (χ1v) is 9.33. The topological polar surface area (TPSA) is 88.0 Å². The monoisotopic (exact) mass is 375 g/mol. The predicted molar refractivity (Wildman–Crippen MR) is 98.6 cm³/mol. The SMILES string of the molecule is Cc1nnnn1C(Cc1ccc(F)cc1)C(=O)NCCCN1CCNCC1. The molecule has 1 fully saturated rings. The van der Waals surface area contributed by atoms with Gasteiger partial charge in [0.1, 0.15) is 17.7 Å². The number of piperazine rings is 1. The Morgan fingerprint density at radius 3 is 2.70 bits per heavy atom. The second-order valence-corrected chi connectivity index (χ2v) is 6.75. The lowest BCUT2D eigenvalue weighted by molar-refractivity contribution is -0.124. The van der Waals surface area contributed by atoms with E-state index in [1.165, 1.54) is 16.8 Å². The second-order valence-electron chi connectivity index (χ2n) is 6.75. The standard InChI is InChI=1S/C18H26FN7O/c1-14-22-23-24-26(14)17(13-15-3-5-16(19)6-4-15)18(27)21-7-2-10-25-11-8-20-9-12-25/h3-6,17,20H,2,7-13H2,1H3,(H,21,27). The Bertz CT molecular complexity index is 728. The van der Waals surface area contributed by atoms with Crippen molar-refractivity contribution in [1.82, 2.24) is 35.7 Å². The zero-order valence-electron chi connectivity index (χ0n) is 15.6. The lowest BCUT2D eigenvalue weighted by Gasteiger charge is -2.27. The molecule has 1 saturated heterocycles. The molecule has 9 heteroatoms. The van der Waals surface area contributed by atoms with E-state index in [0.717, 1.165) is 44.7 Å². The molecular formula is C18H26FN7O. The largest absolute Gasteiger partial charge is 0.354 e. The van der Waals surface area contributed by atoms with E-state index in [1.807, 2.05) is 0 Å². The van der Waals surface area contributed by atoms with Gasteiger partial charge in [-0.05, 0) is 48.0 Å². The average Bonchev–Trinajstić information content (AvgIpc) is 3.11. The molecule has 2 aromatic rings. The van der Waals surface area contributed by atoms with Gasteiger partial charge in [-0.2, -0.15) is 0 Å². The maximum atomic E-state index is 13.2. The van der Waals surface area contributed by atoms with Gasteiger partial charge < -0.3 is 15.5 Å². The van der Waals surface area contributed by atoms with E-state index in [1.54, 1.807) is 19.1 Å². The number of halogens is 1. The minimum atomic E-state index is -0.565. The summed E-state index contributed by atoms with van der Waals surface area (Å²) in [4.78, 5) is 15.2. The highest BCUT2D eigenvalue weighted by molar-refractivity contribution is 5.80. The Balaban J connectivity index is 1.57. The van der Waals surface area contributed by atoms with Crippen molar-refractivity contribution in [3.63, 3.8) is 0 Å². The first-order valence-electron chi connectivity index (χ1n) is 9.33. The third-order valence-electron chi connectivity index (χ3n) is 4.76. The van der Waals surface area contributed by atoms with Crippen LogP contribution >= 0.6 is 0 Å². The summed E-state index contributed by atoms with van der Waals surface area (Å²) in [5.74, 6) is 0.138. The zero-order chi connectivity index (χ0) is 19.1. The molecule has 1 atom stereocenters. The van der Waals surface area contributed by atoms with E-state index in [4.69, 9.17) is 0 Å². The number of carbonyl (C=O) groups excluding carboxylic acids is 1. The third kappa shape index (κ3) is 5.54. The molecule has 0 bridgehead atoms. The van der Waals surface area contributed by atoms with Gasteiger partial charge in [-0.1, -0.05) is 12.1 Å². The van der Waals surface area contributed by atoms with E-state index in [0.29, 0.717) is 18.8 Å². The number of nitrogens with one attached hydrogen (secondary N) is 2. The Kier molecular flexibility index (Phi) is 6.83. The number of aryl methyl sites for hydroxylation is 1. The third-order valence-corrected chi connectivity index (χ3v) is 4.76. The number of benzene rings is 1. The molecule has 1 aromatic heterocycles. The summed E-state index contributed by atoms with van der Waals surface area (Å²) in [5, 5.41) is 17.8. The Labute approximate surface area is 158 Å². The highest BCUT2D eigenvalue weighted by atomic mass is 19.1. The number of rotatable bonds is 8. The summed E-state index contributed by atoms with van der Waals surface area (Å²) >= 11 is 0. The van der Waals surface area contributed by atoms with Gasteiger partial charge in [0.25, 0.3) is 0 Å². The molecule has 1 aliphatic rings. The molecule has 27 heavy (non-hydrogen) atoms. The summed E-state index contributed by atoms with van der Waals surface area (Å²) < 4.78 is 14.7. The number of hydrogen-bond acceptors (Lipinski definition) is 6. The summed E-state index contributed by atoms with van der Waals surface area (Å²) in [5.41, 5.74) is 0.854. The van der Waals surface area contributed by atoms with Gasteiger partial charge in [0.05, 0.1) is 0 Å². The van der Waals surface area contributed by atoms with Crippen molar-refractivity contribution in [3.8, 4) is 0 Å². The Morgan fingerprint density at radius 2 is 2.04 bits per heavy atom. The molecular weight excluding hydrogens is 349 g/mol. The molecule has 2 N–H and O–H groups in total. The number of hydrogen-bond donors (Lipinski definition) is 2. The fraction of sp³-hybridized carbons (Fsp3) is 0.556. The van der Waals surface area contributed by atoms with Crippen molar-refractivity contribution < 1.29 is 9.18 Å². The highest BCUT2D eigenvalue weighted by Gasteiger charge is 2.24. The molecule has 3 rings (SSSR count). The summed E-state index contributed by atoms with van der Waals surface area (Å²) in [7, 11) is 0. The van der Waals surface area contributed by atoms with Crippen LogP contribution in [-0.4, -0.2) is 70.3 Å². The van der Waals surface area contributed by atoms with Gasteiger partial charge in [0.2, 0.25) is 5.91 Å². The normalized spacial score (nSPS) is 16.2. The van der Waals surface area contributed by atoms with Crippen molar-refractivity contribution in [2.45, 2.75) is 25.8 Å². The smallest absolute Gasteiger partial charge is 0.245 e. The molecule has 146 valence electrons. The molecule has 0 radical (unpaired) electrons. The van der Waals surface area contributed by atoms with Crippen LogP contribution in [0.15, 0.2) is 24.3 Å². The van der Waals surface area contributed by atoms with Gasteiger partial charge in [-0.25, -0.2) is 9.07 Å². The van der Waals surface area contributed by atoms with Crippen molar-refractivity contribution in [2.75, 3.05) is 39.3 Å². The molecule has 1 unspecified atom stereocenters. The van der Waals surface area contributed by atoms with E-state index < -0.39 is 6.04 Å². The lowest BCUT2D eigenvalue weighted by Crippen LogP contribution is -2.44. The van der Waals surface area contributed by atoms with Crippen LogP contribution in [0.3, 0.4) is 0 Å². The van der Waals surface area contributed by atoms with Crippen molar-refractivity contribution in [1.29, 1.82) is 0 Å². The van der Waals surface area contributed by atoms with Crippen LogP contribution in [0.4, 0.5) is 4.39 Å². The fourth-order valence-electron chi connectivity index (χ4n) is 3.23. The minimum Gasteiger partial charge on any atom is -0.354 e. The predicted octanol–water partition coefficient (Wildman–Crippen LogP) is 0.316. The minimum absolute atomic E-state index is 0.130. The first kappa shape index (κ1) is 19.4. The molecule has 0 spiro atoms. The number of amides is 1. The van der Waals surface area contributed by atoms with E-state index in [-0.39, 0.29) is 11.7 Å². The maximum Gasteiger partial charge on any atom is 0.245 e. The van der Waals surface area contributed by atoms with Crippen LogP contribution in [0.25, 0.3) is 0 Å². The van der Waals surface area contributed by atoms with Crippen LogP contribution in [0.2, 0.25) is 0 Å². The molecule has 1 aliphatic heterocycles. The van der Waals surface area contributed by atoms with Gasteiger partial charge in [0.15, 0.2) is 0 Å². The Morgan fingerprint density at radius 1 is 1.30 bits per heavy atom. The van der Waals surface area contributed by atoms with Crippen LogP contribution in [0, 0.1) is 12.7 Å². The van der Waals surface area contributed by atoms with E-state index in [2.05, 4.69) is 31.1 Å². The highest BCUT2D eigenvalue weighted by Crippen LogP contribution is 2.15. The molecule has 2 heterocycles. The quantitative estimate of drug-likeness (QED) is 0.646. The van der Waals surface area contributed by atoms with Gasteiger partial charge in [0, 0.05) is 39.1 Å². The first-order chi connectivity index (χ1) is 13.1. The van der Waals surface area contributed by atoms with Crippen LogP contribution in [-0.2, 0) is 11.2 Å². The van der Waals surface area contributed by atoms with Gasteiger partial charge in [-0.15, -0.1) is 5.10 Å². The van der Waals surface area contributed by atoms with Gasteiger partial charge >= 0.3 is 0 Å². The van der Waals surface area contributed by atoms with E-state index in [9.17, 15) is 9.18 Å². The Hall–Kier alpha value is -2.39. The number of nitrogens with zero attached hydrogens (tertiary/aromatic N) is 5. The van der Waals surface area contributed by atoms with Crippen LogP contribution in [0.5, 0.6) is 0 Å². The number of aromatic nitrogens is 4. The van der Waals surface area contributed by atoms with Crippen molar-refractivity contribution in [3.05, 3.63) is 41.5 Å². The van der Waals surface area contributed by atoms with Crippen LogP contribution in [0.1, 0.15) is 23.9 Å². The lowest BCUT2D eigenvalue weighted by atomic mass is 10.1. The number of tetrazole rings is 1. The molecule has 1 aromatic carbocycles. The maximum absolute atomic E-state index is 13.2. The zero-order valence-corrected chi connectivity index (χ0v) is 15.6. The molecule has 0 saturated carbocycles. The van der Waals surface area contributed by atoms with Crippen LogP contribution < -0.4 is 10.6 Å². The fourth-order valence-corrected chi connectivity index (χ4v) is 3.23. The summed E-state index contributed by atoms with van der Waals surface area (Å²) in [6, 6.07) is 5.58. The summed E-state index contributed by atoms with van der Waals surface area (Å²) in [6.45, 7) is 7.46. The van der Waals surface area contributed by atoms with Crippen molar-refractivity contribution in [2.24, 2.45) is 0 Å².